The number of hydrogen-bond donors (Lipinski definition) is 1. The molecule has 3 atom stereocenters. The number of amides is 1. The second-order valence-corrected chi connectivity index (χ2v) is 7.85. The van der Waals surface area contributed by atoms with Crippen molar-refractivity contribution in [1.82, 2.24) is 5.43 Å². The summed E-state index contributed by atoms with van der Waals surface area (Å²) in [6, 6.07) is 8.12. The normalized spacial score (nSPS) is 26.9. The summed E-state index contributed by atoms with van der Waals surface area (Å²) < 4.78 is 44.1. The molecule has 2 aromatic rings. The monoisotopic (exact) mass is 390 g/mol. The van der Waals surface area contributed by atoms with E-state index in [0.29, 0.717) is 23.0 Å². The fraction of sp³-hybridized carbons (Fsp3) is 0.429. The maximum absolute atomic E-state index is 12.8. The lowest BCUT2D eigenvalue weighted by Crippen LogP contribution is -2.22. The number of halogens is 3. The predicted octanol–water partition coefficient (Wildman–Crippen LogP) is 5.24. The molecule has 7 heteroatoms. The summed E-state index contributed by atoms with van der Waals surface area (Å²) in [6.07, 6.45) is 1.48. The molecule has 0 radical (unpaired) electrons. The molecule has 1 aromatic carbocycles. The molecule has 1 amide bonds. The van der Waals surface area contributed by atoms with Crippen LogP contribution in [0.3, 0.4) is 0 Å². The van der Waals surface area contributed by atoms with Crippen molar-refractivity contribution in [3.05, 3.63) is 47.7 Å². The van der Waals surface area contributed by atoms with E-state index in [0.717, 1.165) is 25.0 Å². The van der Waals surface area contributed by atoms with Gasteiger partial charge in [0.1, 0.15) is 11.5 Å². The smallest absolute Gasteiger partial charge is 0.416 e. The highest BCUT2D eigenvalue weighted by atomic mass is 19.4. The molecule has 0 aliphatic heterocycles. The van der Waals surface area contributed by atoms with E-state index in [1.807, 2.05) is 0 Å². The van der Waals surface area contributed by atoms with Crippen LogP contribution < -0.4 is 5.43 Å². The van der Waals surface area contributed by atoms with Gasteiger partial charge in [-0.2, -0.15) is 18.3 Å². The third-order valence-corrected chi connectivity index (χ3v) is 6.08. The lowest BCUT2D eigenvalue weighted by Gasteiger charge is -2.15. The SMILES string of the molecule is C[C@]12CCCC[C@H]1[C@@H]2C(=O)N/N=C\c1ccc(-c2cccc(C(F)(F)F)c2)o1. The van der Waals surface area contributed by atoms with E-state index in [9.17, 15) is 18.0 Å². The highest BCUT2D eigenvalue weighted by molar-refractivity contribution is 5.85. The highest BCUT2D eigenvalue weighted by Gasteiger charge is 2.64. The molecule has 2 fully saturated rings. The Balaban J connectivity index is 1.39. The molecule has 2 saturated carbocycles. The van der Waals surface area contributed by atoms with E-state index in [1.54, 1.807) is 18.2 Å². The minimum absolute atomic E-state index is 0.0180. The third kappa shape index (κ3) is 3.45. The van der Waals surface area contributed by atoms with Crippen molar-refractivity contribution in [1.29, 1.82) is 0 Å². The van der Waals surface area contributed by atoms with Gasteiger partial charge < -0.3 is 4.42 Å². The Morgan fingerprint density at radius 2 is 2.11 bits per heavy atom. The van der Waals surface area contributed by atoms with Crippen LogP contribution in [0.1, 0.15) is 43.9 Å². The maximum atomic E-state index is 12.8. The minimum Gasteiger partial charge on any atom is -0.455 e. The summed E-state index contributed by atoms with van der Waals surface area (Å²) in [5.41, 5.74) is 2.28. The Morgan fingerprint density at radius 1 is 1.29 bits per heavy atom. The first-order chi connectivity index (χ1) is 13.3. The third-order valence-electron chi connectivity index (χ3n) is 6.08. The van der Waals surface area contributed by atoms with Gasteiger partial charge in [-0.05, 0) is 48.4 Å². The molecular weight excluding hydrogens is 369 g/mol. The summed E-state index contributed by atoms with van der Waals surface area (Å²) in [4.78, 5) is 12.4. The van der Waals surface area contributed by atoms with Crippen molar-refractivity contribution in [2.45, 2.75) is 38.8 Å². The molecule has 0 unspecified atom stereocenters. The van der Waals surface area contributed by atoms with Crippen LogP contribution in [0, 0.1) is 17.3 Å². The quantitative estimate of drug-likeness (QED) is 0.573. The fourth-order valence-corrected chi connectivity index (χ4v) is 4.51. The van der Waals surface area contributed by atoms with Crippen LogP contribution >= 0.6 is 0 Å². The number of rotatable bonds is 4. The van der Waals surface area contributed by atoms with Gasteiger partial charge in [0, 0.05) is 11.5 Å². The van der Waals surface area contributed by atoms with Crippen molar-refractivity contribution < 1.29 is 22.4 Å². The number of carbonyl (C=O) groups is 1. The van der Waals surface area contributed by atoms with Gasteiger partial charge in [-0.1, -0.05) is 31.9 Å². The van der Waals surface area contributed by atoms with Gasteiger partial charge >= 0.3 is 6.18 Å². The molecule has 2 aliphatic rings. The lowest BCUT2D eigenvalue weighted by atomic mass is 9.90. The van der Waals surface area contributed by atoms with Crippen LogP contribution in [0.25, 0.3) is 11.3 Å². The second kappa shape index (κ2) is 6.79. The standard InChI is InChI=1S/C21H21F3N2O2/c1-20-10-3-2-7-16(20)18(20)19(27)26-25-12-15-8-9-17(28-15)13-5-4-6-14(11-13)21(22,23)24/h4-6,8-9,11-12,16,18H,2-3,7,10H2,1H3,(H,26,27)/b25-12-/t16-,18+,20-/m0/s1. The molecule has 1 aromatic heterocycles. The summed E-state index contributed by atoms with van der Waals surface area (Å²) in [5, 5.41) is 3.96. The molecule has 148 valence electrons. The van der Waals surface area contributed by atoms with Crippen LogP contribution in [0.15, 0.2) is 45.9 Å². The van der Waals surface area contributed by atoms with Crippen LogP contribution in [0.4, 0.5) is 13.2 Å². The van der Waals surface area contributed by atoms with E-state index in [2.05, 4.69) is 17.5 Å². The van der Waals surface area contributed by atoms with E-state index in [1.165, 1.54) is 25.1 Å². The van der Waals surface area contributed by atoms with Gasteiger partial charge in [-0.25, -0.2) is 5.43 Å². The molecule has 4 rings (SSSR count). The number of hydrogen-bond acceptors (Lipinski definition) is 3. The predicted molar refractivity (Wildman–Crippen MR) is 98.4 cm³/mol. The number of hydrazone groups is 1. The molecular formula is C21H21F3N2O2. The zero-order valence-corrected chi connectivity index (χ0v) is 15.4. The molecule has 1 heterocycles. The zero-order valence-electron chi connectivity index (χ0n) is 15.4. The maximum Gasteiger partial charge on any atom is 0.416 e. The summed E-state index contributed by atoms with van der Waals surface area (Å²) in [6.45, 7) is 2.17. The van der Waals surface area contributed by atoms with Crippen LogP contribution in [0.5, 0.6) is 0 Å². The van der Waals surface area contributed by atoms with Gasteiger partial charge in [0.15, 0.2) is 0 Å². The van der Waals surface area contributed by atoms with Crippen LogP contribution in [-0.2, 0) is 11.0 Å². The minimum atomic E-state index is -4.41. The topological polar surface area (TPSA) is 54.6 Å². The number of nitrogens with one attached hydrogen (secondary N) is 1. The molecule has 28 heavy (non-hydrogen) atoms. The summed E-state index contributed by atoms with van der Waals surface area (Å²) in [5.74, 6) is 1.05. The Labute approximate surface area is 160 Å². The van der Waals surface area contributed by atoms with E-state index in [4.69, 9.17) is 4.42 Å². The van der Waals surface area contributed by atoms with Gasteiger partial charge in [0.25, 0.3) is 0 Å². The van der Waals surface area contributed by atoms with Crippen molar-refractivity contribution in [3.8, 4) is 11.3 Å². The summed E-state index contributed by atoms with van der Waals surface area (Å²) in [7, 11) is 0. The largest absolute Gasteiger partial charge is 0.455 e. The second-order valence-electron chi connectivity index (χ2n) is 7.85. The molecule has 1 N–H and O–H groups in total. The molecule has 4 nitrogen and oxygen atoms in total. The first-order valence-corrected chi connectivity index (χ1v) is 9.39. The number of alkyl halides is 3. The number of furan rings is 1. The van der Waals surface area contributed by atoms with Crippen molar-refractivity contribution in [2.75, 3.05) is 0 Å². The number of nitrogens with zero attached hydrogens (tertiary/aromatic N) is 1. The van der Waals surface area contributed by atoms with Crippen LogP contribution in [0.2, 0.25) is 0 Å². The molecule has 2 aliphatic carbocycles. The first-order valence-electron chi connectivity index (χ1n) is 9.39. The van der Waals surface area contributed by atoms with E-state index < -0.39 is 11.7 Å². The van der Waals surface area contributed by atoms with Crippen molar-refractivity contribution in [2.24, 2.45) is 22.4 Å². The Bertz CT molecular complexity index is 918. The van der Waals surface area contributed by atoms with E-state index >= 15 is 0 Å². The van der Waals surface area contributed by atoms with Crippen LogP contribution in [-0.4, -0.2) is 12.1 Å². The Morgan fingerprint density at radius 3 is 2.82 bits per heavy atom. The van der Waals surface area contributed by atoms with E-state index in [-0.39, 0.29) is 17.2 Å². The lowest BCUT2D eigenvalue weighted by molar-refractivity contribution is -0.137. The van der Waals surface area contributed by atoms with Gasteiger partial charge in [0.2, 0.25) is 5.91 Å². The Kier molecular flexibility index (Phi) is 4.56. The number of carbonyl (C=O) groups excluding carboxylic acids is 1. The fourth-order valence-electron chi connectivity index (χ4n) is 4.51. The zero-order chi connectivity index (χ0) is 19.9. The van der Waals surface area contributed by atoms with Gasteiger partial charge in [-0.15, -0.1) is 0 Å². The van der Waals surface area contributed by atoms with Crippen molar-refractivity contribution >= 4 is 12.1 Å². The molecule has 0 spiro atoms. The average molecular weight is 390 g/mol. The highest BCUT2D eigenvalue weighted by Crippen LogP contribution is 2.66. The summed E-state index contributed by atoms with van der Waals surface area (Å²) >= 11 is 0. The molecule has 0 saturated heterocycles. The van der Waals surface area contributed by atoms with Gasteiger partial charge in [-0.3, -0.25) is 4.79 Å². The van der Waals surface area contributed by atoms with Crippen molar-refractivity contribution in [3.63, 3.8) is 0 Å². The number of benzene rings is 1. The Hall–Kier alpha value is -2.57. The number of fused-ring (bicyclic) bond motifs is 1. The average Bonchev–Trinajstić information content (AvgIpc) is 3.02. The first kappa shape index (κ1) is 18.8. The molecule has 0 bridgehead atoms. The van der Waals surface area contributed by atoms with Gasteiger partial charge in [0.05, 0.1) is 11.8 Å².